The molecule has 0 saturated carbocycles. The van der Waals surface area contributed by atoms with Crippen LogP contribution >= 0.6 is 22.7 Å². The predicted octanol–water partition coefficient (Wildman–Crippen LogP) is 3.74. The van der Waals surface area contributed by atoms with Gasteiger partial charge in [0.1, 0.15) is 5.82 Å². The second-order valence-electron chi connectivity index (χ2n) is 3.98. The maximum atomic E-state index is 4.39. The van der Waals surface area contributed by atoms with Crippen LogP contribution in [0.25, 0.3) is 0 Å². The number of thiophene rings is 2. The van der Waals surface area contributed by atoms with Crippen LogP contribution in [0.5, 0.6) is 0 Å². The lowest BCUT2D eigenvalue weighted by atomic mass is 10.2. The first kappa shape index (κ1) is 11.5. The molecule has 5 heteroatoms. The largest absolute Gasteiger partial charge is 0.356 e. The molecule has 0 fully saturated rings. The molecule has 0 aliphatic heterocycles. The van der Waals surface area contributed by atoms with Crippen LogP contribution < -0.4 is 5.32 Å². The highest BCUT2D eigenvalue weighted by Crippen LogP contribution is 2.31. The third kappa shape index (κ3) is 2.32. The van der Waals surface area contributed by atoms with Gasteiger partial charge in [-0.1, -0.05) is 12.1 Å². The third-order valence-corrected chi connectivity index (χ3v) is 4.54. The van der Waals surface area contributed by atoms with Gasteiger partial charge in [-0.15, -0.1) is 22.7 Å². The highest BCUT2D eigenvalue weighted by atomic mass is 32.1. The predicted molar refractivity (Wildman–Crippen MR) is 77.3 cm³/mol. The Balaban J connectivity index is 1.91. The van der Waals surface area contributed by atoms with Crippen molar-refractivity contribution < 1.29 is 0 Å². The summed E-state index contributed by atoms with van der Waals surface area (Å²) in [6.45, 7) is 0. The first-order chi connectivity index (χ1) is 8.83. The van der Waals surface area contributed by atoms with E-state index in [2.05, 4.69) is 45.4 Å². The van der Waals surface area contributed by atoms with E-state index in [1.165, 1.54) is 9.75 Å². The van der Waals surface area contributed by atoms with Gasteiger partial charge >= 0.3 is 0 Å². The smallest absolute Gasteiger partial charge is 0.148 e. The van der Waals surface area contributed by atoms with E-state index in [9.17, 15) is 0 Å². The molecule has 0 unspecified atom stereocenters. The monoisotopic (exact) mass is 275 g/mol. The fraction of sp³-hybridized carbons (Fsp3) is 0.154. The summed E-state index contributed by atoms with van der Waals surface area (Å²) in [5, 5.41) is 12.1. The molecule has 0 bridgehead atoms. The normalized spacial score (nSPS) is 11.0. The molecule has 3 aromatic heterocycles. The molecule has 3 nitrogen and oxygen atoms in total. The summed E-state index contributed by atoms with van der Waals surface area (Å²) in [6, 6.07) is 10.7. The van der Waals surface area contributed by atoms with E-state index >= 15 is 0 Å². The molecule has 0 aliphatic rings. The van der Waals surface area contributed by atoms with Gasteiger partial charge in [0.05, 0.1) is 6.04 Å². The van der Waals surface area contributed by atoms with Crippen LogP contribution in [0.15, 0.2) is 47.3 Å². The highest BCUT2D eigenvalue weighted by Gasteiger charge is 2.16. The molecule has 3 aromatic rings. The Morgan fingerprint density at radius 3 is 2.22 bits per heavy atom. The van der Waals surface area contributed by atoms with Crippen molar-refractivity contribution >= 4 is 28.5 Å². The number of aryl methyl sites for hydroxylation is 1. The minimum Gasteiger partial charge on any atom is -0.356 e. The Bertz CT molecular complexity index is 562. The molecule has 0 saturated heterocycles. The van der Waals surface area contributed by atoms with Crippen molar-refractivity contribution in [3.63, 3.8) is 0 Å². The number of hydrogen-bond acceptors (Lipinski definition) is 4. The minimum atomic E-state index is 0.194. The van der Waals surface area contributed by atoms with Crippen LogP contribution in [-0.2, 0) is 7.05 Å². The fourth-order valence-electron chi connectivity index (χ4n) is 1.83. The molecule has 0 amide bonds. The Morgan fingerprint density at radius 2 is 1.78 bits per heavy atom. The second-order valence-corrected chi connectivity index (χ2v) is 5.94. The number of nitrogens with zero attached hydrogens (tertiary/aromatic N) is 2. The summed E-state index contributed by atoms with van der Waals surface area (Å²) in [5.74, 6) is 0.907. The lowest BCUT2D eigenvalue weighted by Crippen LogP contribution is -2.10. The quantitative estimate of drug-likeness (QED) is 0.786. The standard InChI is InChI=1S/C13H13N3S2/c1-16-7-6-12(15-16)14-13(10-4-2-8-17-10)11-5-3-9-18-11/h2-9,13H,1H3,(H,14,15). The van der Waals surface area contributed by atoms with Crippen LogP contribution in [0, 0.1) is 0 Å². The van der Waals surface area contributed by atoms with Gasteiger partial charge in [0.15, 0.2) is 0 Å². The van der Waals surface area contributed by atoms with E-state index in [1.54, 1.807) is 22.7 Å². The Morgan fingerprint density at radius 1 is 1.11 bits per heavy atom. The van der Waals surface area contributed by atoms with E-state index < -0.39 is 0 Å². The minimum absolute atomic E-state index is 0.194. The molecular weight excluding hydrogens is 262 g/mol. The average Bonchev–Trinajstić information content (AvgIpc) is 3.09. The summed E-state index contributed by atoms with van der Waals surface area (Å²) in [4.78, 5) is 2.62. The number of anilines is 1. The average molecular weight is 275 g/mol. The van der Waals surface area contributed by atoms with E-state index in [1.807, 2.05) is 24.0 Å². The fourth-order valence-corrected chi connectivity index (χ4v) is 3.49. The van der Waals surface area contributed by atoms with Crippen molar-refractivity contribution in [3.8, 4) is 0 Å². The SMILES string of the molecule is Cn1ccc(NC(c2cccs2)c2cccs2)n1. The van der Waals surface area contributed by atoms with Crippen LogP contribution in [0.2, 0.25) is 0 Å². The number of aromatic nitrogens is 2. The zero-order valence-electron chi connectivity index (χ0n) is 9.91. The van der Waals surface area contributed by atoms with E-state index in [0.29, 0.717) is 0 Å². The molecular formula is C13H13N3S2. The second kappa shape index (κ2) is 4.96. The van der Waals surface area contributed by atoms with Gasteiger partial charge in [0.25, 0.3) is 0 Å². The molecule has 3 rings (SSSR count). The molecule has 0 spiro atoms. The zero-order valence-corrected chi connectivity index (χ0v) is 11.5. The molecule has 0 aromatic carbocycles. The van der Waals surface area contributed by atoms with Gasteiger partial charge in [-0.2, -0.15) is 5.10 Å². The van der Waals surface area contributed by atoms with Gasteiger partial charge in [0, 0.05) is 29.1 Å². The zero-order chi connectivity index (χ0) is 12.4. The van der Waals surface area contributed by atoms with Crippen LogP contribution in [-0.4, -0.2) is 9.78 Å². The molecule has 3 heterocycles. The lowest BCUT2D eigenvalue weighted by Gasteiger charge is -2.15. The first-order valence-electron chi connectivity index (χ1n) is 5.66. The van der Waals surface area contributed by atoms with E-state index in [-0.39, 0.29) is 6.04 Å². The third-order valence-electron chi connectivity index (χ3n) is 2.66. The van der Waals surface area contributed by atoms with Crippen molar-refractivity contribution in [3.05, 3.63) is 57.0 Å². The van der Waals surface area contributed by atoms with Gasteiger partial charge in [0.2, 0.25) is 0 Å². The van der Waals surface area contributed by atoms with E-state index in [4.69, 9.17) is 0 Å². The summed E-state index contributed by atoms with van der Waals surface area (Å²) < 4.78 is 1.81. The van der Waals surface area contributed by atoms with Crippen molar-refractivity contribution in [2.75, 3.05) is 5.32 Å². The number of hydrogen-bond donors (Lipinski definition) is 1. The first-order valence-corrected chi connectivity index (χ1v) is 7.42. The van der Waals surface area contributed by atoms with E-state index in [0.717, 1.165) is 5.82 Å². The number of rotatable bonds is 4. The Labute approximate surface area is 114 Å². The van der Waals surface area contributed by atoms with Crippen LogP contribution in [0.4, 0.5) is 5.82 Å². The van der Waals surface area contributed by atoms with Crippen LogP contribution in [0.3, 0.4) is 0 Å². The lowest BCUT2D eigenvalue weighted by molar-refractivity contribution is 0.765. The molecule has 0 radical (unpaired) electrons. The number of nitrogens with one attached hydrogen (secondary N) is 1. The summed E-state index contributed by atoms with van der Waals surface area (Å²) in [7, 11) is 1.93. The van der Waals surface area contributed by atoms with Crippen molar-refractivity contribution in [2.24, 2.45) is 7.05 Å². The summed E-state index contributed by atoms with van der Waals surface area (Å²) in [5.41, 5.74) is 0. The van der Waals surface area contributed by atoms with Gasteiger partial charge < -0.3 is 5.32 Å². The maximum Gasteiger partial charge on any atom is 0.148 e. The summed E-state index contributed by atoms with van der Waals surface area (Å²) >= 11 is 3.53. The molecule has 18 heavy (non-hydrogen) atoms. The van der Waals surface area contributed by atoms with Gasteiger partial charge in [-0.3, -0.25) is 4.68 Å². The molecule has 92 valence electrons. The van der Waals surface area contributed by atoms with Crippen molar-refractivity contribution in [2.45, 2.75) is 6.04 Å². The molecule has 1 N–H and O–H groups in total. The molecule has 0 atom stereocenters. The Hall–Kier alpha value is -1.59. The van der Waals surface area contributed by atoms with Crippen molar-refractivity contribution in [1.82, 2.24) is 9.78 Å². The van der Waals surface area contributed by atoms with Crippen molar-refractivity contribution in [1.29, 1.82) is 0 Å². The highest BCUT2D eigenvalue weighted by molar-refractivity contribution is 7.11. The maximum absolute atomic E-state index is 4.39. The van der Waals surface area contributed by atoms with Gasteiger partial charge in [-0.25, -0.2) is 0 Å². The molecule has 0 aliphatic carbocycles. The van der Waals surface area contributed by atoms with Crippen LogP contribution in [0.1, 0.15) is 15.8 Å². The summed E-state index contributed by atoms with van der Waals surface area (Å²) in [6.07, 6.45) is 1.95. The Kier molecular flexibility index (Phi) is 3.17. The van der Waals surface area contributed by atoms with Gasteiger partial charge in [-0.05, 0) is 22.9 Å². The topological polar surface area (TPSA) is 29.9 Å².